The van der Waals surface area contributed by atoms with Crippen LogP contribution in [0.25, 0.3) is 5.78 Å². The van der Waals surface area contributed by atoms with Crippen LogP contribution in [0, 0.1) is 6.92 Å². The number of carboxylic acids is 1. The van der Waals surface area contributed by atoms with Gasteiger partial charge in [-0.25, -0.2) is 9.78 Å². The van der Waals surface area contributed by atoms with E-state index in [1.807, 2.05) is 0 Å². The number of hydrogen-bond donors (Lipinski definition) is 6. The zero-order valence-corrected chi connectivity index (χ0v) is 23.2. The van der Waals surface area contributed by atoms with Crippen molar-refractivity contribution in [3.63, 3.8) is 0 Å². The molecule has 0 saturated carbocycles. The third kappa shape index (κ3) is 4.85. The molecule has 15 heteroatoms. The van der Waals surface area contributed by atoms with E-state index in [9.17, 15) is 29.1 Å². The van der Waals surface area contributed by atoms with E-state index >= 15 is 0 Å². The van der Waals surface area contributed by atoms with E-state index in [-0.39, 0.29) is 52.6 Å². The molecule has 0 bridgehead atoms. The van der Waals surface area contributed by atoms with Crippen LogP contribution in [0.2, 0.25) is 0 Å². The Kier molecular flexibility index (Phi) is 6.76. The number of carbonyl (C=O) groups is 3. The molecule has 0 fully saturated rings. The number of carboxylic acid groups (broad SMARTS) is 1. The van der Waals surface area contributed by atoms with Crippen molar-refractivity contribution in [2.75, 3.05) is 16.8 Å². The van der Waals surface area contributed by atoms with E-state index in [4.69, 9.17) is 11.5 Å². The monoisotopic (exact) mass is 595 g/mol. The second kappa shape index (κ2) is 10.6. The molecule has 0 spiro atoms. The smallest absolute Gasteiger partial charge is 0.335 e. The van der Waals surface area contributed by atoms with Crippen molar-refractivity contribution in [2.24, 2.45) is 0 Å². The summed E-state index contributed by atoms with van der Waals surface area (Å²) in [5, 5.41) is 22.0. The van der Waals surface area contributed by atoms with Crippen LogP contribution in [-0.4, -0.2) is 42.5 Å². The van der Waals surface area contributed by atoms with Crippen LogP contribution in [-0.2, 0) is 13.0 Å². The number of nitrogen functional groups attached to an aromatic ring is 2. The lowest BCUT2D eigenvalue weighted by molar-refractivity contribution is 0.0695. The van der Waals surface area contributed by atoms with Gasteiger partial charge in [0, 0.05) is 18.3 Å². The van der Waals surface area contributed by atoms with E-state index < -0.39 is 28.6 Å². The molecular weight excluding hydrogens is 570 g/mol. The van der Waals surface area contributed by atoms with Gasteiger partial charge in [-0.05, 0) is 60.2 Å². The van der Waals surface area contributed by atoms with Gasteiger partial charge < -0.3 is 32.5 Å². The van der Waals surface area contributed by atoms with Gasteiger partial charge in [-0.2, -0.15) is 9.50 Å². The van der Waals surface area contributed by atoms with Crippen LogP contribution in [0.4, 0.5) is 23.0 Å². The van der Waals surface area contributed by atoms with Crippen molar-refractivity contribution in [3.05, 3.63) is 102 Å². The highest BCUT2D eigenvalue weighted by molar-refractivity contribution is 5.98. The van der Waals surface area contributed by atoms with Gasteiger partial charge in [0.05, 0.1) is 11.6 Å². The molecule has 2 amide bonds. The summed E-state index contributed by atoms with van der Waals surface area (Å²) in [5.74, 6) is -2.35. The van der Waals surface area contributed by atoms with Crippen molar-refractivity contribution < 1.29 is 19.5 Å². The highest BCUT2D eigenvalue weighted by atomic mass is 16.4. The van der Waals surface area contributed by atoms with Gasteiger partial charge in [0.2, 0.25) is 5.95 Å². The molecule has 8 N–H and O–H groups in total. The average molecular weight is 596 g/mol. The van der Waals surface area contributed by atoms with Crippen LogP contribution in [0.1, 0.15) is 66.1 Å². The van der Waals surface area contributed by atoms with E-state index in [1.165, 1.54) is 12.1 Å². The fourth-order valence-electron chi connectivity index (χ4n) is 5.37. The Bertz CT molecular complexity index is 2090. The van der Waals surface area contributed by atoms with Gasteiger partial charge in [-0.15, -0.1) is 5.10 Å². The van der Waals surface area contributed by atoms with Gasteiger partial charge in [0.1, 0.15) is 22.8 Å². The molecule has 222 valence electrons. The number of amides is 2. The zero-order valence-electron chi connectivity index (χ0n) is 23.2. The highest BCUT2D eigenvalue weighted by Crippen LogP contribution is 2.35. The van der Waals surface area contributed by atoms with E-state index in [1.54, 1.807) is 37.3 Å². The lowest BCUT2D eigenvalue weighted by atomic mass is 9.98. The Labute approximate surface area is 247 Å². The Morgan fingerprint density at radius 1 is 1.05 bits per heavy atom. The van der Waals surface area contributed by atoms with Crippen LogP contribution in [0.15, 0.2) is 52.1 Å². The van der Waals surface area contributed by atoms with Crippen molar-refractivity contribution in [1.82, 2.24) is 30.2 Å². The quantitative estimate of drug-likeness (QED) is 0.138. The number of nitrogens with one attached hydrogen (secondary N) is 3. The fraction of sp³-hybridized carbons (Fsp3) is 0.172. The third-order valence-corrected chi connectivity index (χ3v) is 7.62. The molecule has 1 aliphatic carbocycles. The predicted octanol–water partition coefficient (Wildman–Crippen LogP) is 0.982. The zero-order chi connectivity index (χ0) is 31.3. The molecule has 0 saturated heterocycles. The normalized spacial score (nSPS) is 14.0. The number of benzene rings is 2. The van der Waals surface area contributed by atoms with Gasteiger partial charge in [0.25, 0.3) is 28.4 Å². The van der Waals surface area contributed by atoms with Crippen LogP contribution >= 0.6 is 0 Å². The van der Waals surface area contributed by atoms with Gasteiger partial charge in [-0.3, -0.25) is 19.2 Å². The number of anilines is 4. The maximum Gasteiger partial charge on any atom is 0.335 e. The number of nitrogens with two attached hydrogens (primary N) is 2. The topological polar surface area (TPSA) is 237 Å². The number of nitrogens with zero attached hydrogens (tertiary/aromatic N) is 4. The molecule has 5 aromatic rings. The first kappa shape index (κ1) is 28.0. The molecule has 0 aliphatic heterocycles. The summed E-state index contributed by atoms with van der Waals surface area (Å²) in [4.78, 5) is 69.5. The number of fused-ring (bicyclic) bond motifs is 2. The molecule has 2 aromatic heterocycles. The molecule has 2 heterocycles. The minimum Gasteiger partial charge on any atom is -0.478 e. The summed E-state index contributed by atoms with van der Waals surface area (Å²) in [5.41, 5.74) is 13.4. The maximum absolute atomic E-state index is 13.5. The fourth-order valence-corrected chi connectivity index (χ4v) is 5.37. The number of rotatable bonds is 8. The summed E-state index contributed by atoms with van der Waals surface area (Å²) in [6.07, 6.45) is 1.16. The first-order valence-corrected chi connectivity index (χ1v) is 13.4. The molecule has 15 nitrogen and oxygen atoms in total. The number of aromatic nitrogens is 4. The van der Waals surface area contributed by atoms with Crippen molar-refractivity contribution in [1.29, 1.82) is 0 Å². The Balaban J connectivity index is 1.20. The summed E-state index contributed by atoms with van der Waals surface area (Å²) in [6.45, 7) is 1.81. The maximum atomic E-state index is 13.5. The van der Waals surface area contributed by atoms with Crippen LogP contribution < -0.4 is 38.3 Å². The summed E-state index contributed by atoms with van der Waals surface area (Å²) in [7, 11) is 0. The largest absolute Gasteiger partial charge is 0.478 e. The van der Waals surface area contributed by atoms with Gasteiger partial charge in [-0.1, -0.05) is 18.2 Å². The lowest BCUT2D eigenvalue weighted by Crippen LogP contribution is -2.36. The Morgan fingerprint density at radius 2 is 1.84 bits per heavy atom. The lowest BCUT2D eigenvalue weighted by Gasteiger charge is -2.16. The molecular formula is C29H25N9O6. The van der Waals surface area contributed by atoms with Gasteiger partial charge in [0.15, 0.2) is 0 Å². The average Bonchev–Trinajstić information content (AvgIpc) is 3.60. The first-order valence-electron chi connectivity index (χ1n) is 13.4. The molecule has 1 atom stereocenters. The highest BCUT2D eigenvalue weighted by Gasteiger charge is 2.29. The van der Waals surface area contributed by atoms with Crippen LogP contribution in [0.5, 0.6) is 0 Å². The molecule has 44 heavy (non-hydrogen) atoms. The van der Waals surface area contributed by atoms with Crippen molar-refractivity contribution in [2.45, 2.75) is 32.4 Å². The standard InChI is InChI=1S/C29H25N9O6/c1-12-15-7-8-18(17(15)6-5-16(12)27(43)44)34-26(42)20-10-19(35-29-36-28(31)37-38(20)29)25(41)32-11-13-3-2-4-14(9-13)33-22-21(30)23(39)24(22)40/h2-6,9-10,18,33H,7-8,11,30H2,1H3,(H2,31,37)(H,32,41)(H,34,42)(H,43,44)/t18-/m0/s1. The van der Waals surface area contributed by atoms with Gasteiger partial charge >= 0.3 is 5.97 Å². The molecule has 0 unspecified atom stereocenters. The van der Waals surface area contributed by atoms with E-state index in [0.29, 0.717) is 29.7 Å². The molecule has 3 aromatic carbocycles. The Morgan fingerprint density at radius 3 is 2.59 bits per heavy atom. The first-order chi connectivity index (χ1) is 21.0. The third-order valence-electron chi connectivity index (χ3n) is 7.62. The predicted molar refractivity (Wildman–Crippen MR) is 159 cm³/mol. The van der Waals surface area contributed by atoms with E-state index in [2.05, 4.69) is 31.0 Å². The second-order valence-electron chi connectivity index (χ2n) is 10.3. The SMILES string of the molecule is Cc1c(C(=O)O)ccc2c1CC[C@@H]2NC(=O)c1cc(C(=O)NCc2cccc(Nc3c(N)c(=O)c3=O)c2)nc2nc(N)nn12. The number of hydrogen-bond acceptors (Lipinski definition) is 11. The molecule has 1 aliphatic rings. The van der Waals surface area contributed by atoms with Crippen molar-refractivity contribution >= 4 is 46.6 Å². The number of aromatic carboxylic acids is 1. The molecule has 0 radical (unpaired) electrons. The van der Waals surface area contributed by atoms with Crippen molar-refractivity contribution in [3.8, 4) is 0 Å². The summed E-state index contributed by atoms with van der Waals surface area (Å²) in [6, 6.07) is 10.9. The minimum absolute atomic E-state index is 0.0200. The minimum atomic E-state index is -1.01. The van der Waals surface area contributed by atoms with E-state index in [0.717, 1.165) is 15.6 Å². The summed E-state index contributed by atoms with van der Waals surface area (Å²) >= 11 is 0. The Hall–Kier alpha value is -6.12. The number of carbonyl (C=O) groups excluding carboxylic acids is 2. The second-order valence-corrected chi connectivity index (χ2v) is 10.3. The van der Waals surface area contributed by atoms with Crippen LogP contribution in [0.3, 0.4) is 0 Å². The summed E-state index contributed by atoms with van der Waals surface area (Å²) < 4.78 is 1.15. The molecule has 6 rings (SSSR count).